The number of ether oxygens (including phenoxy) is 2. The van der Waals surface area contributed by atoms with E-state index in [2.05, 4.69) is 34.6 Å². The summed E-state index contributed by atoms with van der Waals surface area (Å²) in [5.41, 5.74) is 1.58. The maximum Gasteiger partial charge on any atom is 0.225 e. The molecule has 5 heteroatoms. The zero-order chi connectivity index (χ0) is 20.9. The van der Waals surface area contributed by atoms with Gasteiger partial charge in [0.05, 0.1) is 6.04 Å². The fourth-order valence-corrected chi connectivity index (χ4v) is 3.96. The predicted octanol–water partition coefficient (Wildman–Crippen LogP) is 5.28. The highest BCUT2D eigenvalue weighted by molar-refractivity contribution is 9.09. The predicted molar refractivity (Wildman–Crippen MR) is 119 cm³/mol. The summed E-state index contributed by atoms with van der Waals surface area (Å²) in [5.74, 6) is 0.976. The number of hydrogen-bond acceptors (Lipinski definition) is 3. The van der Waals surface area contributed by atoms with E-state index in [0.717, 1.165) is 23.1 Å². The van der Waals surface area contributed by atoms with E-state index in [1.165, 1.54) is 5.56 Å². The van der Waals surface area contributed by atoms with Crippen molar-refractivity contribution in [2.45, 2.75) is 44.6 Å². The van der Waals surface area contributed by atoms with E-state index in [-0.39, 0.29) is 18.1 Å². The smallest absolute Gasteiger partial charge is 0.225 e. The Hall–Kier alpha value is -2.11. The van der Waals surface area contributed by atoms with Gasteiger partial charge in [0.1, 0.15) is 24.2 Å². The molecular formula is C24H28BrNO3. The summed E-state index contributed by atoms with van der Waals surface area (Å²) in [6, 6.07) is 18.0. The maximum absolute atomic E-state index is 13.1. The lowest BCUT2D eigenvalue weighted by Crippen LogP contribution is -2.45. The first kappa shape index (κ1) is 21.6. The van der Waals surface area contributed by atoms with Gasteiger partial charge in [0.2, 0.25) is 5.91 Å². The van der Waals surface area contributed by atoms with E-state index in [0.29, 0.717) is 13.0 Å². The minimum Gasteiger partial charge on any atom is -0.490 e. The van der Waals surface area contributed by atoms with Crippen LogP contribution in [0.3, 0.4) is 0 Å². The lowest BCUT2D eigenvalue weighted by molar-refractivity contribution is -0.147. The molecule has 154 valence electrons. The van der Waals surface area contributed by atoms with Gasteiger partial charge in [-0.1, -0.05) is 70.5 Å². The number of nitrogens with zero attached hydrogens (tertiary/aromatic N) is 1. The minimum atomic E-state index is -0.635. The van der Waals surface area contributed by atoms with Crippen LogP contribution >= 0.6 is 15.9 Å². The van der Waals surface area contributed by atoms with E-state index >= 15 is 0 Å². The summed E-state index contributed by atoms with van der Waals surface area (Å²) in [4.78, 5) is 15.0. The molecule has 0 spiro atoms. The molecule has 1 fully saturated rings. The molecule has 0 N–H and O–H groups in total. The van der Waals surface area contributed by atoms with Gasteiger partial charge in [0, 0.05) is 17.3 Å². The van der Waals surface area contributed by atoms with Crippen molar-refractivity contribution in [3.05, 3.63) is 78.4 Å². The molecule has 2 heterocycles. The number of allylic oxidation sites excluding steroid dienone is 1. The molecule has 0 saturated carbocycles. The van der Waals surface area contributed by atoms with E-state index in [1.807, 2.05) is 61.2 Å². The van der Waals surface area contributed by atoms with Crippen molar-refractivity contribution in [1.29, 1.82) is 0 Å². The van der Waals surface area contributed by atoms with Gasteiger partial charge >= 0.3 is 0 Å². The van der Waals surface area contributed by atoms with Crippen molar-refractivity contribution in [2.24, 2.45) is 0 Å². The fraction of sp³-hybridized carbons (Fsp3) is 0.375. The second-order valence-corrected chi connectivity index (χ2v) is 8.24. The number of para-hydroxylation sites is 1. The lowest BCUT2D eigenvalue weighted by Gasteiger charge is -2.35. The number of hydrogen-bond donors (Lipinski definition) is 0. The molecule has 2 aromatic rings. The second-order valence-electron chi connectivity index (χ2n) is 7.59. The van der Waals surface area contributed by atoms with Gasteiger partial charge in [-0.15, -0.1) is 6.58 Å². The number of alkyl halides is 1. The van der Waals surface area contributed by atoms with Gasteiger partial charge in [-0.2, -0.15) is 0 Å². The lowest BCUT2D eigenvalue weighted by atomic mass is 9.96. The Bertz CT molecular complexity index is 837. The van der Waals surface area contributed by atoms with E-state index in [4.69, 9.17) is 9.47 Å². The summed E-state index contributed by atoms with van der Waals surface area (Å²) in [7, 11) is 0. The molecule has 1 saturated heterocycles. The van der Waals surface area contributed by atoms with Crippen LogP contribution in [0.4, 0.5) is 0 Å². The van der Waals surface area contributed by atoms with Crippen LogP contribution in [0.1, 0.15) is 37.4 Å². The number of fused-ring (bicyclic) bond motifs is 3. The SMILES string of the molecule is C=CCBr.CC1(C)O[C@@H]2COc3ccccc3[C@@H]2N1C(=O)CCc1ccccc1. The van der Waals surface area contributed by atoms with Crippen LogP contribution in [0.5, 0.6) is 5.75 Å². The van der Waals surface area contributed by atoms with Crippen molar-refractivity contribution < 1.29 is 14.3 Å². The van der Waals surface area contributed by atoms with Crippen LogP contribution in [0.15, 0.2) is 67.3 Å². The van der Waals surface area contributed by atoms with Crippen molar-refractivity contribution in [3.63, 3.8) is 0 Å². The van der Waals surface area contributed by atoms with Gasteiger partial charge in [-0.25, -0.2) is 0 Å². The van der Waals surface area contributed by atoms with Crippen LogP contribution in [-0.2, 0) is 16.0 Å². The standard InChI is InChI=1S/C21H23NO3.C3H5Br/c1-21(2)22(19(23)13-12-15-8-4-3-5-9-15)20-16-10-6-7-11-17(16)24-14-18(20)25-21;1-2-3-4/h3-11,18,20H,12-14H2,1-2H3;2H,1,3H2/t18-,20+;/m1./s1. The van der Waals surface area contributed by atoms with Crippen LogP contribution in [0, 0.1) is 0 Å². The molecule has 2 aliphatic heterocycles. The molecule has 29 heavy (non-hydrogen) atoms. The van der Waals surface area contributed by atoms with Crippen LogP contribution in [-0.4, -0.2) is 34.6 Å². The third-order valence-electron chi connectivity index (χ3n) is 5.14. The highest BCUT2D eigenvalue weighted by Gasteiger charge is 2.52. The zero-order valence-electron chi connectivity index (χ0n) is 17.0. The number of aryl methyl sites for hydroxylation is 1. The second kappa shape index (κ2) is 9.59. The molecule has 4 nitrogen and oxygen atoms in total. The Morgan fingerprint density at radius 2 is 1.86 bits per heavy atom. The number of halogens is 1. The highest BCUT2D eigenvalue weighted by atomic mass is 79.9. The highest BCUT2D eigenvalue weighted by Crippen LogP contribution is 2.47. The van der Waals surface area contributed by atoms with Gasteiger partial charge < -0.3 is 14.4 Å². The Kier molecular flexibility index (Phi) is 7.14. The van der Waals surface area contributed by atoms with Gasteiger partial charge in [0.15, 0.2) is 0 Å². The summed E-state index contributed by atoms with van der Waals surface area (Å²) in [6.45, 7) is 7.85. The molecule has 0 bridgehead atoms. The van der Waals surface area contributed by atoms with Crippen molar-refractivity contribution in [2.75, 3.05) is 11.9 Å². The van der Waals surface area contributed by atoms with E-state index in [1.54, 1.807) is 6.08 Å². The van der Waals surface area contributed by atoms with Crippen LogP contribution in [0.2, 0.25) is 0 Å². The molecule has 2 aromatic carbocycles. The number of carbonyl (C=O) groups is 1. The van der Waals surface area contributed by atoms with Crippen molar-refractivity contribution in [1.82, 2.24) is 4.90 Å². The molecule has 0 aliphatic carbocycles. The average molecular weight is 458 g/mol. The first-order chi connectivity index (χ1) is 14.0. The largest absolute Gasteiger partial charge is 0.490 e. The Morgan fingerprint density at radius 3 is 2.55 bits per heavy atom. The fourth-order valence-electron chi connectivity index (χ4n) is 3.96. The van der Waals surface area contributed by atoms with Crippen molar-refractivity contribution >= 4 is 21.8 Å². The average Bonchev–Trinajstić information content (AvgIpc) is 3.03. The molecule has 0 unspecified atom stereocenters. The number of rotatable bonds is 4. The summed E-state index contributed by atoms with van der Waals surface area (Å²) >= 11 is 3.13. The monoisotopic (exact) mass is 457 g/mol. The van der Waals surface area contributed by atoms with Gasteiger partial charge in [0.25, 0.3) is 0 Å². The van der Waals surface area contributed by atoms with E-state index < -0.39 is 5.72 Å². The van der Waals surface area contributed by atoms with Gasteiger partial charge in [-0.3, -0.25) is 4.79 Å². The van der Waals surface area contributed by atoms with Gasteiger partial charge in [-0.05, 0) is 31.9 Å². The first-order valence-corrected chi connectivity index (χ1v) is 11.0. The first-order valence-electron chi connectivity index (χ1n) is 9.90. The third kappa shape index (κ3) is 4.90. The summed E-state index contributed by atoms with van der Waals surface area (Å²) < 4.78 is 12.0. The van der Waals surface area contributed by atoms with E-state index in [9.17, 15) is 4.79 Å². The molecule has 2 aliphatic rings. The minimum absolute atomic E-state index is 0.0803. The van der Waals surface area contributed by atoms with Crippen LogP contribution in [0.25, 0.3) is 0 Å². The molecule has 2 atom stereocenters. The molecule has 4 rings (SSSR count). The maximum atomic E-state index is 13.1. The Balaban J connectivity index is 0.000000552. The topological polar surface area (TPSA) is 38.8 Å². The Labute approximate surface area is 181 Å². The molecule has 0 aromatic heterocycles. The third-order valence-corrected chi connectivity index (χ3v) is 5.60. The zero-order valence-corrected chi connectivity index (χ0v) is 18.6. The van der Waals surface area contributed by atoms with Crippen molar-refractivity contribution in [3.8, 4) is 5.75 Å². The summed E-state index contributed by atoms with van der Waals surface area (Å²) in [5, 5.41) is 0.896. The molecule has 0 radical (unpaired) electrons. The summed E-state index contributed by atoms with van der Waals surface area (Å²) in [6.07, 6.45) is 2.88. The normalized spacial score (nSPS) is 21.1. The number of amides is 1. The molecular weight excluding hydrogens is 430 g/mol. The quantitative estimate of drug-likeness (QED) is 0.462. The van der Waals surface area contributed by atoms with Crippen LogP contribution < -0.4 is 4.74 Å². The molecule has 1 amide bonds. The number of carbonyl (C=O) groups excluding carboxylic acids is 1. The number of benzene rings is 2. The Morgan fingerprint density at radius 1 is 1.21 bits per heavy atom.